The molecule has 2 N–H and O–H groups in total. The third-order valence-corrected chi connectivity index (χ3v) is 4.25. The van der Waals surface area contributed by atoms with Gasteiger partial charge < -0.3 is 14.8 Å². The topological polar surface area (TPSA) is 88.0 Å². The minimum Gasteiger partial charge on any atom is -0.351 e. The summed E-state index contributed by atoms with van der Waals surface area (Å²) in [5, 5.41) is 7.31. The fraction of sp³-hybridized carbons (Fsp3) is 0.235. The summed E-state index contributed by atoms with van der Waals surface area (Å²) in [6, 6.07) is 7.06. The van der Waals surface area contributed by atoms with Crippen molar-refractivity contribution in [3.05, 3.63) is 57.7 Å². The molecule has 1 aromatic carbocycles. The quantitative estimate of drug-likeness (QED) is 0.761. The van der Waals surface area contributed by atoms with Crippen molar-refractivity contribution in [3.8, 4) is 0 Å². The van der Waals surface area contributed by atoms with Gasteiger partial charge in [0.05, 0.1) is 11.7 Å². The summed E-state index contributed by atoms with van der Waals surface area (Å²) in [6.07, 6.45) is 5.35. The lowest BCUT2D eigenvalue weighted by Crippen LogP contribution is -2.19. The number of aromatic nitrogens is 2. The zero-order chi connectivity index (χ0) is 15.8. The van der Waals surface area contributed by atoms with Crippen molar-refractivity contribution >= 4 is 22.5 Å². The second kappa shape index (κ2) is 5.39. The predicted octanol–water partition coefficient (Wildman–Crippen LogP) is 2.65. The maximum Gasteiger partial charge on any atom is 0.294 e. The lowest BCUT2D eigenvalue weighted by atomic mass is 9.90. The Labute approximate surface area is 131 Å². The van der Waals surface area contributed by atoms with E-state index < -0.39 is 0 Å². The number of nitrogens with zero attached hydrogens (tertiary/aromatic N) is 1. The molecule has 1 aliphatic carbocycles. The Morgan fingerprint density at radius 3 is 2.78 bits per heavy atom. The van der Waals surface area contributed by atoms with Crippen LogP contribution in [0.3, 0.4) is 0 Å². The first-order valence-corrected chi connectivity index (χ1v) is 7.62. The third kappa shape index (κ3) is 2.42. The van der Waals surface area contributed by atoms with Crippen LogP contribution in [0.15, 0.2) is 39.8 Å². The molecule has 0 radical (unpaired) electrons. The van der Waals surface area contributed by atoms with Crippen LogP contribution in [0.4, 0.5) is 5.69 Å². The van der Waals surface area contributed by atoms with Crippen LogP contribution < -0.4 is 10.9 Å². The fourth-order valence-electron chi connectivity index (χ4n) is 3.17. The largest absolute Gasteiger partial charge is 0.351 e. The standard InChI is InChI=1S/C17H15N3O3/c21-16-13-4-2-1-3-11(13)12-6-5-10(9-14(12)20-16)19-17(22)15-7-8-18-23-15/h5-9H,1-4H2,(H,19,22)(H,20,21). The van der Waals surface area contributed by atoms with Gasteiger partial charge in [-0.2, -0.15) is 0 Å². The van der Waals surface area contributed by atoms with Crippen molar-refractivity contribution < 1.29 is 9.32 Å². The Kier molecular flexibility index (Phi) is 3.22. The van der Waals surface area contributed by atoms with E-state index >= 15 is 0 Å². The number of hydrogen-bond donors (Lipinski definition) is 2. The number of pyridine rings is 1. The lowest BCUT2D eigenvalue weighted by molar-refractivity contribution is 0.0988. The molecule has 1 aliphatic rings. The number of aromatic amines is 1. The highest BCUT2D eigenvalue weighted by Crippen LogP contribution is 2.27. The molecule has 3 aromatic rings. The number of carbonyl (C=O) groups excluding carboxylic acids is 1. The molecule has 0 bridgehead atoms. The number of aryl methyl sites for hydroxylation is 1. The highest BCUT2D eigenvalue weighted by atomic mass is 16.5. The first-order chi connectivity index (χ1) is 11.2. The SMILES string of the molecule is O=C(Nc1ccc2c3c(c(=O)[nH]c2c1)CCCC3)c1ccno1. The Balaban J connectivity index is 1.74. The molecule has 6 nitrogen and oxygen atoms in total. The van der Waals surface area contributed by atoms with Gasteiger partial charge in [-0.1, -0.05) is 11.2 Å². The van der Waals surface area contributed by atoms with E-state index in [9.17, 15) is 9.59 Å². The Bertz CT molecular complexity index is 942. The van der Waals surface area contributed by atoms with E-state index in [1.54, 1.807) is 6.07 Å². The van der Waals surface area contributed by atoms with Gasteiger partial charge in [0.15, 0.2) is 0 Å². The second-order valence-corrected chi connectivity index (χ2v) is 5.71. The number of hydrogen-bond acceptors (Lipinski definition) is 4. The number of amides is 1. The second-order valence-electron chi connectivity index (χ2n) is 5.71. The first-order valence-electron chi connectivity index (χ1n) is 7.62. The first kappa shape index (κ1) is 13.8. The molecule has 116 valence electrons. The highest BCUT2D eigenvalue weighted by molar-refractivity contribution is 6.03. The Morgan fingerprint density at radius 1 is 1.17 bits per heavy atom. The Morgan fingerprint density at radius 2 is 2.00 bits per heavy atom. The van der Waals surface area contributed by atoms with Crippen molar-refractivity contribution in [1.82, 2.24) is 10.1 Å². The number of H-pyrrole nitrogens is 1. The minimum atomic E-state index is -0.373. The van der Waals surface area contributed by atoms with Crippen molar-refractivity contribution in [2.75, 3.05) is 5.32 Å². The zero-order valence-corrected chi connectivity index (χ0v) is 12.4. The maximum atomic E-state index is 12.2. The zero-order valence-electron chi connectivity index (χ0n) is 12.4. The Hall–Kier alpha value is -2.89. The van der Waals surface area contributed by atoms with Crippen LogP contribution in [0.25, 0.3) is 10.9 Å². The van der Waals surface area contributed by atoms with E-state index in [0.29, 0.717) is 5.69 Å². The normalized spacial score (nSPS) is 13.7. The summed E-state index contributed by atoms with van der Waals surface area (Å²) in [5.74, 6) is -0.230. The van der Waals surface area contributed by atoms with Crippen LogP contribution in [0, 0.1) is 0 Å². The van der Waals surface area contributed by atoms with Crippen LogP contribution in [0.1, 0.15) is 34.5 Å². The maximum absolute atomic E-state index is 12.2. The number of fused-ring (bicyclic) bond motifs is 3. The van der Waals surface area contributed by atoms with Gasteiger partial charge in [-0.15, -0.1) is 0 Å². The summed E-state index contributed by atoms with van der Waals surface area (Å²) in [7, 11) is 0. The van der Waals surface area contributed by atoms with Gasteiger partial charge in [0.25, 0.3) is 11.5 Å². The van der Waals surface area contributed by atoms with E-state index in [-0.39, 0.29) is 17.2 Å². The van der Waals surface area contributed by atoms with E-state index in [1.807, 2.05) is 12.1 Å². The minimum absolute atomic E-state index is 0.0223. The predicted molar refractivity (Wildman–Crippen MR) is 85.7 cm³/mol. The molecule has 2 aromatic heterocycles. The molecule has 4 rings (SSSR count). The molecule has 0 saturated carbocycles. The van der Waals surface area contributed by atoms with Crippen LogP contribution in [-0.2, 0) is 12.8 Å². The fourth-order valence-corrected chi connectivity index (χ4v) is 3.17. The molecule has 1 amide bonds. The van der Waals surface area contributed by atoms with Crippen LogP contribution in [0.5, 0.6) is 0 Å². The molecular weight excluding hydrogens is 294 g/mol. The number of carbonyl (C=O) groups is 1. The highest BCUT2D eigenvalue weighted by Gasteiger charge is 2.17. The van der Waals surface area contributed by atoms with Crippen molar-refractivity contribution in [2.45, 2.75) is 25.7 Å². The summed E-state index contributed by atoms with van der Waals surface area (Å²) in [4.78, 5) is 27.1. The molecule has 0 spiro atoms. The van der Waals surface area contributed by atoms with Gasteiger partial charge >= 0.3 is 0 Å². The average molecular weight is 309 g/mol. The van der Waals surface area contributed by atoms with Crippen molar-refractivity contribution in [3.63, 3.8) is 0 Å². The van der Waals surface area contributed by atoms with Crippen LogP contribution in [-0.4, -0.2) is 16.0 Å². The average Bonchev–Trinajstić information content (AvgIpc) is 3.09. The number of nitrogens with one attached hydrogen (secondary N) is 2. The lowest BCUT2D eigenvalue weighted by Gasteiger charge is -2.17. The summed E-state index contributed by atoms with van der Waals surface area (Å²) in [5.41, 5.74) is 3.37. The van der Waals surface area contributed by atoms with Gasteiger partial charge in [0.2, 0.25) is 5.76 Å². The van der Waals surface area contributed by atoms with Crippen molar-refractivity contribution in [2.24, 2.45) is 0 Å². The molecule has 23 heavy (non-hydrogen) atoms. The third-order valence-electron chi connectivity index (χ3n) is 4.25. The molecule has 0 unspecified atom stereocenters. The van der Waals surface area contributed by atoms with E-state index in [1.165, 1.54) is 12.3 Å². The monoisotopic (exact) mass is 309 g/mol. The summed E-state index contributed by atoms with van der Waals surface area (Å²) >= 11 is 0. The van der Waals surface area contributed by atoms with E-state index in [0.717, 1.165) is 47.7 Å². The van der Waals surface area contributed by atoms with E-state index in [4.69, 9.17) is 4.52 Å². The summed E-state index contributed by atoms with van der Waals surface area (Å²) in [6.45, 7) is 0. The molecule has 0 saturated heterocycles. The number of benzene rings is 1. The number of anilines is 1. The molecular formula is C17H15N3O3. The molecule has 6 heteroatoms. The number of rotatable bonds is 2. The van der Waals surface area contributed by atoms with Gasteiger partial charge in [-0.3, -0.25) is 9.59 Å². The van der Waals surface area contributed by atoms with E-state index in [2.05, 4.69) is 15.5 Å². The van der Waals surface area contributed by atoms with Crippen LogP contribution in [0.2, 0.25) is 0 Å². The van der Waals surface area contributed by atoms with Gasteiger partial charge in [0.1, 0.15) is 0 Å². The van der Waals surface area contributed by atoms with Crippen LogP contribution >= 0.6 is 0 Å². The molecule has 2 heterocycles. The molecule has 0 fully saturated rings. The summed E-state index contributed by atoms with van der Waals surface area (Å²) < 4.78 is 4.83. The van der Waals surface area contributed by atoms with Gasteiger partial charge in [-0.05, 0) is 43.4 Å². The smallest absolute Gasteiger partial charge is 0.294 e. The van der Waals surface area contributed by atoms with Gasteiger partial charge in [-0.25, -0.2) is 0 Å². The van der Waals surface area contributed by atoms with Crippen molar-refractivity contribution in [1.29, 1.82) is 0 Å². The molecule has 0 aliphatic heterocycles. The molecule has 0 atom stereocenters. The van der Waals surface area contributed by atoms with Gasteiger partial charge in [0, 0.05) is 22.7 Å².